The zero-order valence-corrected chi connectivity index (χ0v) is 10.4. The SMILES string of the molecule is CCCC(C)(Nc1ccc(C(N)=O)cn1)C(=O)O. The molecule has 18 heavy (non-hydrogen) atoms. The van der Waals surface area contributed by atoms with Gasteiger partial charge >= 0.3 is 5.97 Å². The summed E-state index contributed by atoms with van der Waals surface area (Å²) in [6.07, 6.45) is 2.52. The summed E-state index contributed by atoms with van der Waals surface area (Å²) in [6, 6.07) is 3.04. The van der Waals surface area contributed by atoms with Crippen molar-refractivity contribution in [2.75, 3.05) is 5.32 Å². The molecule has 1 rings (SSSR count). The number of carbonyl (C=O) groups excluding carboxylic acids is 1. The van der Waals surface area contributed by atoms with Crippen LogP contribution in [0.15, 0.2) is 18.3 Å². The molecule has 0 radical (unpaired) electrons. The van der Waals surface area contributed by atoms with Gasteiger partial charge in [-0.15, -0.1) is 0 Å². The van der Waals surface area contributed by atoms with E-state index in [0.717, 1.165) is 6.42 Å². The summed E-state index contributed by atoms with van der Waals surface area (Å²) in [7, 11) is 0. The quantitative estimate of drug-likeness (QED) is 0.705. The average molecular weight is 251 g/mol. The van der Waals surface area contributed by atoms with Crippen LogP contribution in [-0.4, -0.2) is 27.5 Å². The number of nitrogens with one attached hydrogen (secondary N) is 1. The highest BCUT2D eigenvalue weighted by atomic mass is 16.4. The highest BCUT2D eigenvalue weighted by Gasteiger charge is 2.32. The summed E-state index contributed by atoms with van der Waals surface area (Å²) in [6.45, 7) is 3.51. The number of primary amides is 1. The number of rotatable bonds is 6. The van der Waals surface area contributed by atoms with Crippen molar-refractivity contribution in [2.24, 2.45) is 5.73 Å². The third-order valence-corrected chi connectivity index (χ3v) is 2.67. The summed E-state index contributed by atoms with van der Waals surface area (Å²) in [5.41, 5.74) is 4.31. The third-order valence-electron chi connectivity index (χ3n) is 2.67. The first kappa shape index (κ1) is 14.0. The Morgan fingerprint density at radius 1 is 1.50 bits per heavy atom. The van der Waals surface area contributed by atoms with Crippen molar-refractivity contribution in [3.8, 4) is 0 Å². The lowest BCUT2D eigenvalue weighted by molar-refractivity contribution is -0.142. The van der Waals surface area contributed by atoms with E-state index < -0.39 is 17.4 Å². The van der Waals surface area contributed by atoms with Crippen LogP contribution in [0.4, 0.5) is 5.82 Å². The van der Waals surface area contributed by atoms with Crippen molar-refractivity contribution < 1.29 is 14.7 Å². The van der Waals surface area contributed by atoms with E-state index in [0.29, 0.717) is 12.2 Å². The Morgan fingerprint density at radius 3 is 2.56 bits per heavy atom. The molecule has 98 valence electrons. The largest absolute Gasteiger partial charge is 0.480 e. The van der Waals surface area contributed by atoms with E-state index >= 15 is 0 Å². The summed E-state index contributed by atoms with van der Waals surface area (Å²) >= 11 is 0. The van der Waals surface area contributed by atoms with E-state index in [1.165, 1.54) is 18.3 Å². The summed E-state index contributed by atoms with van der Waals surface area (Å²) < 4.78 is 0. The van der Waals surface area contributed by atoms with Crippen LogP contribution in [0.2, 0.25) is 0 Å². The minimum atomic E-state index is -1.07. The highest BCUT2D eigenvalue weighted by Crippen LogP contribution is 2.19. The number of anilines is 1. The van der Waals surface area contributed by atoms with Crippen molar-refractivity contribution in [3.63, 3.8) is 0 Å². The number of aromatic nitrogens is 1. The molecule has 1 heterocycles. The van der Waals surface area contributed by atoms with E-state index in [2.05, 4.69) is 10.3 Å². The van der Waals surface area contributed by atoms with Crippen LogP contribution in [0.5, 0.6) is 0 Å². The van der Waals surface area contributed by atoms with Crippen LogP contribution in [0.3, 0.4) is 0 Å². The van der Waals surface area contributed by atoms with Crippen molar-refractivity contribution in [3.05, 3.63) is 23.9 Å². The number of hydrogen-bond donors (Lipinski definition) is 3. The molecule has 1 atom stereocenters. The summed E-state index contributed by atoms with van der Waals surface area (Å²) in [5, 5.41) is 12.1. The maximum absolute atomic E-state index is 11.2. The molecule has 0 saturated heterocycles. The molecule has 0 spiro atoms. The fourth-order valence-corrected chi connectivity index (χ4v) is 1.62. The Kier molecular flexibility index (Phi) is 4.25. The van der Waals surface area contributed by atoms with Crippen molar-refractivity contribution >= 4 is 17.7 Å². The predicted octanol–water partition coefficient (Wildman–Crippen LogP) is 1.24. The number of hydrogen-bond acceptors (Lipinski definition) is 4. The number of nitrogens with two attached hydrogens (primary N) is 1. The predicted molar refractivity (Wildman–Crippen MR) is 67.3 cm³/mol. The second-order valence-electron chi connectivity index (χ2n) is 4.31. The number of carbonyl (C=O) groups is 2. The van der Waals surface area contributed by atoms with E-state index in [1.54, 1.807) is 6.92 Å². The lowest BCUT2D eigenvalue weighted by Crippen LogP contribution is -2.43. The van der Waals surface area contributed by atoms with E-state index in [1.807, 2.05) is 6.92 Å². The fraction of sp³-hybridized carbons (Fsp3) is 0.417. The molecule has 6 nitrogen and oxygen atoms in total. The Hall–Kier alpha value is -2.11. The van der Waals surface area contributed by atoms with Crippen LogP contribution < -0.4 is 11.1 Å². The molecule has 0 saturated carbocycles. The fourth-order valence-electron chi connectivity index (χ4n) is 1.62. The molecular formula is C12H17N3O3. The number of carboxylic acid groups (broad SMARTS) is 1. The minimum absolute atomic E-state index is 0.285. The van der Waals surface area contributed by atoms with Gasteiger partial charge in [0.2, 0.25) is 5.91 Å². The van der Waals surface area contributed by atoms with E-state index in [9.17, 15) is 14.7 Å². The smallest absolute Gasteiger partial charge is 0.329 e. The first-order chi connectivity index (χ1) is 8.39. The Labute approximate surface area is 105 Å². The molecule has 0 aliphatic heterocycles. The second kappa shape index (κ2) is 5.48. The van der Waals surface area contributed by atoms with Gasteiger partial charge in [-0.1, -0.05) is 13.3 Å². The van der Waals surface area contributed by atoms with Gasteiger partial charge in [0.15, 0.2) is 0 Å². The van der Waals surface area contributed by atoms with Crippen LogP contribution >= 0.6 is 0 Å². The molecule has 1 unspecified atom stereocenters. The number of amides is 1. The molecule has 0 fully saturated rings. The molecule has 1 aromatic heterocycles. The molecule has 1 aromatic rings. The third kappa shape index (κ3) is 3.19. The van der Waals surface area contributed by atoms with Gasteiger partial charge in [-0.3, -0.25) is 4.79 Å². The Bertz CT molecular complexity index is 444. The molecule has 6 heteroatoms. The molecule has 0 aliphatic rings. The first-order valence-corrected chi connectivity index (χ1v) is 5.66. The Balaban J connectivity index is 2.88. The first-order valence-electron chi connectivity index (χ1n) is 5.66. The summed E-state index contributed by atoms with van der Waals surface area (Å²) in [5.74, 6) is -1.10. The van der Waals surface area contributed by atoms with Gasteiger partial charge in [-0.05, 0) is 25.5 Å². The van der Waals surface area contributed by atoms with Gasteiger partial charge in [-0.2, -0.15) is 0 Å². The lowest BCUT2D eigenvalue weighted by atomic mass is 9.96. The highest BCUT2D eigenvalue weighted by molar-refractivity contribution is 5.92. The number of nitrogens with zero attached hydrogens (tertiary/aromatic N) is 1. The van der Waals surface area contributed by atoms with Gasteiger partial charge in [0, 0.05) is 6.20 Å². The number of aliphatic carboxylic acids is 1. The Morgan fingerprint density at radius 2 is 2.17 bits per heavy atom. The van der Waals surface area contributed by atoms with Gasteiger partial charge in [0.05, 0.1) is 5.56 Å². The minimum Gasteiger partial charge on any atom is -0.480 e. The zero-order valence-electron chi connectivity index (χ0n) is 10.4. The molecule has 0 aromatic carbocycles. The van der Waals surface area contributed by atoms with Crippen LogP contribution in [0.25, 0.3) is 0 Å². The topological polar surface area (TPSA) is 105 Å². The molecular weight excluding hydrogens is 234 g/mol. The second-order valence-corrected chi connectivity index (χ2v) is 4.31. The lowest BCUT2D eigenvalue weighted by Gasteiger charge is -2.26. The van der Waals surface area contributed by atoms with Crippen LogP contribution in [0.1, 0.15) is 37.0 Å². The molecule has 1 amide bonds. The standard InChI is InChI=1S/C12H17N3O3/c1-3-6-12(2,11(17)18)15-9-5-4-8(7-14-9)10(13)16/h4-5,7H,3,6H2,1-2H3,(H2,13,16)(H,14,15)(H,17,18). The number of pyridine rings is 1. The van der Waals surface area contributed by atoms with E-state index in [-0.39, 0.29) is 5.56 Å². The zero-order chi connectivity index (χ0) is 13.8. The maximum Gasteiger partial charge on any atom is 0.329 e. The molecule has 0 bridgehead atoms. The summed E-state index contributed by atoms with van der Waals surface area (Å²) in [4.78, 5) is 26.1. The number of carboxylic acids is 1. The van der Waals surface area contributed by atoms with Gasteiger partial charge in [0.1, 0.15) is 11.4 Å². The molecule has 0 aliphatic carbocycles. The molecule has 4 N–H and O–H groups in total. The van der Waals surface area contributed by atoms with Crippen molar-refractivity contribution in [1.29, 1.82) is 0 Å². The van der Waals surface area contributed by atoms with Crippen LogP contribution in [0, 0.1) is 0 Å². The van der Waals surface area contributed by atoms with Gasteiger partial charge in [-0.25, -0.2) is 9.78 Å². The van der Waals surface area contributed by atoms with Gasteiger partial charge in [0.25, 0.3) is 0 Å². The van der Waals surface area contributed by atoms with Crippen molar-refractivity contribution in [1.82, 2.24) is 4.98 Å². The maximum atomic E-state index is 11.2. The van der Waals surface area contributed by atoms with Crippen LogP contribution in [-0.2, 0) is 4.79 Å². The normalized spacial score (nSPS) is 13.7. The van der Waals surface area contributed by atoms with E-state index in [4.69, 9.17) is 5.73 Å². The average Bonchev–Trinajstić information content (AvgIpc) is 2.29. The van der Waals surface area contributed by atoms with Crippen molar-refractivity contribution in [2.45, 2.75) is 32.2 Å². The van der Waals surface area contributed by atoms with Gasteiger partial charge < -0.3 is 16.2 Å². The monoisotopic (exact) mass is 251 g/mol.